The number of rotatable bonds is 7. The van der Waals surface area contributed by atoms with Crippen LogP contribution in [0.15, 0.2) is 27.6 Å². The van der Waals surface area contributed by atoms with Gasteiger partial charge in [-0.05, 0) is 40.4 Å². The van der Waals surface area contributed by atoms with Crippen LogP contribution in [0.1, 0.15) is 6.42 Å². The van der Waals surface area contributed by atoms with Gasteiger partial charge in [0.2, 0.25) is 5.91 Å². The first-order valence-electron chi connectivity index (χ1n) is 5.81. The van der Waals surface area contributed by atoms with Gasteiger partial charge in [0.15, 0.2) is 0 Å². The zero-order valence-corrected chi connectivity index (χ0v) is 13.2. The number of amides is 1. The molecule has 1 aromatic heterocycles. The number of carboxylic acid groups (broad SMARTS) is 1. The maximum absolute atomic E-state index is 11.8. The van der Waals surface area contributed by atoms with E-state index < -0.39 is 17.9 Å². The van der Waals surface area contributed by atoms with Gasteiger partial charge in [0.1, 0.15) is 12.6 Å². The van der Waals surface area contributed by atoms with E-state index in [1.807, 2.05) is 6.26 Å². The Morgan fingerprint density at radius 1 is 1.50 bits per heavy atom. The Morgan fingerprint density at radius 3 is 2.80 bits per heavy atom. The van der Waals surface area contributed by atoms with Crippen molar-refractivity contribution in [2.45, 2.75) is 19.0 Å². The summed E-state index contributed by atoms with van der Waals surface area (Å²) >= 11 is 4.71. The lowest BCUT2D eigenvalue weighted by Crippen LogP contribution is -2.43. The van der Waals surface area contributed by atoms with Crippen molar-refractivity contribution >= 4 is 39.6 Å². The van der Waals surface area contributed by atoms with Crippen LogP contribution in [0.2, 0.25) is 0 Å². The number of nitrogens with zero attached hydrogens (tertiary/aromatic N) is 1. The minimum atomic E-state index is -1.08. The van der Waals surface area contributed by atoms with E-state index >= 15 is 0 Å². The van der Waals surface area contributed by atoms with Gasteiger partial charge in [0.05, 0.1) is 0 Å². The second-order valence-electron chi connectivity index (χ2n) is 4.05. The first-order chi connectivity index (χ1) is 9.43. The molecule has 0 aromatic carbocycles. The largest absolute Gasteiger partial charge is 0.480 e. The monoisotopic (exact) mass is 362 g/mol. The summed E-state index contributed by atoms with van der Waals surface area (Å²) in [6, 6.07) is 1.98. The Kier molecular flexibility index (Phi) is 6.80. The second kappa shape index (κ2) is 8.11. The number of pyridine rings is 1. The van der Waals surface area contributed by atoms with E-state index in [-0.39, 0.29) is 12.1 Å². The third-order valence-electron chi connectivity index (χ3n) is 2.51. The van der Waals surface area contributed by atoms with Gasteiger partial charge in [-0.2, -0.15) is 11.8 Å². The molecule has 0 fully saturated rings. The molecular weight excluding hydrogens is 348 g/mol. The third-order valence-corrected chi connectivity index (χ3v) is 3.62. The van der Waals surface area contributed by atoms with Crippen LogP contribution in [0.4, 0.5) is 0 Å². The van der Waals surface area contributed by atoms with Crippen molar-refractivity contribution < 1.29 is 14.7 Å². The Hall–Kier alpha value is -1.28. The number of aromatic nitrogens is 1. The van der Waals surface area contributed by atoms with Crippen LogP contribution < -0.4 is 10.9 Å². The molecule has 1 rings (SSSR count). The highest BCUT2D eigenvalue weighted by atomic mass is 79.9. The maximum Gasteiger partial charge on any atom is 0.326 e. The summed E-state index contributed by atoms with van der Waals surface area (Å²) in [5.74, 6) is -0.943. The summed E-state index contributed by atoms with van der Waals surface area (Å²) in [7, 11) is 0. The second-order valence-corrected chi connectivity index (χ2v) is 5.95. The fourth-order valence-electron chi connectivity index (χ4n) is 1.51. The van der Waals surface area contributed by atoms with E-state index in [0.29, 0.717) is 16.6 Å². The van der Waals surface area contributed by atoms with Crippen molar-refractivity contribution in [3.63, 3.8) is 0 Å². The molecule has 2 N–H and O–H groups in total. The molecule has 0 aliphatic carbocycles. The van der Waals surface area contributed by atoms with Crippen LogP contribution in [0, 0.1) is 0 Å². The first-order valence-corrected chi connectivity index (χ1v) is 8.00. The standard InChI is InChI=1S/C12H15BrN2O4S/c1-20-5-4-9(12(18)19)14-10(16)7-15-6-8(13)2-3-11(15)17/h2-3,6,9H,4-5,7H2,1H3,(H,14,16)(H,18,19)/t9-/m1/s1. The maximum atomic E-state index is 11.8. The van der Waals surface area contributed by atoms with Crippen LogP contribution in [0.3, 0.4) is 0 Å². The summed E-state index contributed by atoms with van der Waals surface area (Å²) in [6.07, 6.45) is 3.69. The number of thioether (sulfide) groups is 1. The molecule has 0 unspecified atom stereocenters. The number of hydrogen-bond donors (Lipinski definition) is 2. The molecule has 0 saturated carbocycles. The molecule has 8 heteroatoms. The van der Waals surface area contributed by atoms with Crippen LogP contribution >= 0.6 is 27.7 Å². The SMILES string of the molecule is CSCC[C@@H](NC(=O)Cn1cc(Br)ccc1=O)C(=O)O. The van der Waals surface area contributed by atoms with Crippen molar-refractivity contribution in [3.8, 4) is 0 Å². The highest BCUT2D eigenvalue weighted by Crippen LogP contribution is 2.05. The Morgan fingerprint density at radius 2 is 2.20 bits per heavy atom. The summed E-state index contributed by atoms with van der Waals surface area (Å²) in [5.41, 5.74) is -0.320. The van der Waals surface area contributed by atoms with Gasteiger partial charge >= 0.3 is 5.97 Å². The van der Waals surface area contributed by atoms with Gasteiger partial charge in [-0.15, -0.1) is 0 Å². The molecule has 0 radical (unpaired) electrons. The topological polar surface area (TPSA) is 88.4 Å². The molecule has 1 aromatic rings. The number of hydrogen-bond acceptors (Lipinski definition) is 4. The normalized spacial score (nSPS) is 11.9. The molecule has 0 spiro atoms. The van der Waals surface area contributed by atoms with Crippen LogP contribution in [0.5, 0.6) is 0 Å². The lowest BCUT2D eigenvalue weighted by molar-refractivity contribution is -0.141. The predicted octanol–water partition coefficient (Wildman–Crippen LogP) is 0.933. The summed E-state index contributed by atoms with van der Waals surface area (Å²) in [6.45, 7) is -0.207. The molecule has 1 heterocycles. The van der Waals surface area contributed by atoms with E-state index in [1.165, 1.54) is 28.6 Å². The van der Waals surface area contributed by atoms with Gasteiger partial charge in [0, 0.05) is 16.7 Å². The molecule has 0 saturated heterocycles. The lowest BCUT2D eigenvalue weighted by atomic mass is 10.2. The highest BCUT2D eigenvalue weighted by molar-refractivity contribution is 9.10. The zero-order chi connectivity index (χ0) is 15.1. The summed E-state index contributed by atoms with van der Waals surface area (Å²) in [4.78, 5) is 34.4. The summed E-state index contributed by atoms with van der Waals surface area (Å²) in [5, 5.41) is 11.4. The van der Waals surface area contributed by atoms with E-state index in [4.69, 9.17) is 5.11 Å². The Bertz CT molecular complexity index is 547. The molecule has 6 nitrogen and oxygen atoms in total. The highest BCUT2D eigenvalue weighted by Gasteiger charge is 2.19. The molecule has 1 atom stereocenters. The van der Waals surface area contributed by atoms with Crippen molar-refractivity contribution in [2.24, 2.45) is 0 Å². The minimum absolute atomic E-state index is 0.207. The van der Waals surface area contributed by atoms with Gasteiger partial charge < -0.3 is 15.0 Å². The van der Waals surface area contributed by atoms with Gasteiger partial charge in [-0.25, -0.2) is 4.79 Å². The average molecular weight is 363 g/mol. The molecule has 0 bridgehead atoms. The van der Waals surface area contributed by atoms with Gasteiger partial charge in [-0.3, -0.25) is 9.59 Å². The van der Waals surface area contributed by atoms with Crippen molar-refractivity contribution in [1.82, 2.24) is 9.88 Å². The first kappa shape index (κ1) is 16.8. The molecule has 1 amide bonds. The zero-order valence-electron chi connectivity index (χ0n) is 10.8. The van der Waals surface area contributed by atoms with E-state index in [2.05, 4.69) is 21.2 Å². The average Bonchev–Trinajstić information content (AvgIpc) is 2.38. The number of carboxylic acids is 1. The van der Waals surface area contributed by atoms with E-state index in [1.54, 1.807) is 6.07 Å². The van der Waals surface area contributed by atoms with Crippen molar-refractivity contribution in [3.05, 3.63) is 33.2 Å². The summed E-state index contributed by atoms with van der Waals surface area (Å²) < 4.78 is 1.88. The van der Waals surface area contributed by atoms with E-state index in [0.717, 1.165) is 0 Å². The molecule has 20 heavy (non-hydrogen) atoms. The lowest BCUT2D eigenvalue weighted by Gasteiger charge is -2.14. The van der Waals surface area contributed by atoms with Crippen molar-refractivity contribution in [1.29, 1.82) is 0 Å². The predicted molar refractivity (Wildman–Crippen MR) is 81.0 cm³/mol. The molecule has 0 aliphatic heterocycles. The number of carbonyl (C=O) groups is 2. The Balaban J connectivity index is 2.68. The van der Waals surface area contributed by atoms with E-state index in [9.17, 15) is 14.4 Å². The number of carbonyl (C=O) groups excluding carboxylic acids is 1. The van der Waals surface area contributed by atoms with Gasteiger partial charge in [-0.1, -0.05) is 0 Å². The third kappa shape index (κ3) is 5.38. The smallest absolute Gasteiger partial charge is 0.326 e. The van der Waals surface area contributed by atoms with Gasteiger partial charge in [0.25, 0.3) is 5.56 Å². The molecular formula is C12H15BrN2O4S. The minimum Gasteiger partial charge on any atom is -0.480 e. The number of aliphatic carboxylic acids is 1. The van der Waals surface area contributed by atoms with Crippen LogP contribution in [0.25, 0.3) is 0 Å². The Labute approximate surface area is 128 Å². The fourth-order valence-corrected chi connectivity index (χ4v) is 2.36. The molecule has 110 valence electrons. The molecule has 0 aliphatic rings. The van der Waals surface area contributed by atoms with Crippen molar-refractivity contribution in [2.75, 3.05) is 12.0 Å². The van der Waals surface area contributed by atoms with Crippen LogP contribution in [-0.2, 0) is 16.1 Å². The van der Waals surface area contributed by atoms with Crippen LogP contribution in [-0.4, -0.2) is 39.6 Å². The number of halogens is 1. The number of nitrogens with one attached hydrogen (secondary N) is 1. The quantitative estimate of drug-likeness (QED) is 0.753. The fraction of sp³-hybridized carbons (Fsp3) is 0.417.